The zero-order valence-corrected chi connectivity index (χ0v) is 6.66. The van der Waals surface area contributed by atoms with Crippen molar-refractivity contribution in [1.29, 1.82) is 0 Å². The van der Waals surface area contributed by atoms with Crippen molar-refractivity contribution in [3.05, 3.63) is 0 Å². The zero-order valence-electron chi connectivity index (χ0n) is 6.66. The van der Waals surface area contributed by atoms with Crippen molar-refractivity contribution in [2.24, 2.45) is 15.7 Å². The molecule has 11 heavy (non-hydrogen) atoms. The van der Waals surface area contributed by atoms with Gasteiger partial charge in [0, 0.05) is 7.05 Å². The van der Waals surface area contributed by atoms with Crippen LogP contribution in [0.4, 0.5) is 0 Å². The molecule has 0 unspecified atom stereocenters. The molecule has 0 bridgehead atoms. The second kappa shape index (κ2) is 5.55. The van der Waals surface area contributed by atoms with Gasteiger partial charge in [0.1, 0.15) is 12.1 Å². The lowest BCUT2D eigenvalue weighted by Gasteiger charge is -1.93. The minimum absolute atomic E-state index is 0.185. The van der Waals surface area contributed by atoms with Crippen molar-refractivity contribution >= 4 is 18.0 Å². The van der Waals surface area contributed by atoms with Crippen LogP contribution in [0.15, 0.2) is 9.98 Å². The molecule has 0 atom stereocenters. The van der Waals surface area contributed by atoms with E-state index in [1.807, 2.05) is 0 Å². The highest BCUT2D eigenvalue weighted by Crippen LogP contribution is 1.74. The van der Waals surface area contributed by atoms with Gasteiger partial charge in [0.25, 0.3) is 5.91 Å². The standard InChI is InChI=1S/C6H12N4O/c1-5(6(11)8-2)10-4-9-3-7/h4H,3,7H2,1-2H3,(H,8,11). The van der Waals surface area contributed by atoms with E-state index < -0.39 is 0 Å². The molecule has 0 fully saturated rings. The molecule has 0 aromatic rings. The Kier molecular flexibility index (Phi) is 4.93. The van der Waals surface area contributed by atoms with Crippen LogP contribution in [-0.2, 0) is 4.79 Å². The Hall–Kier alpha value is -1.23. The summed E-state index contributed by atoms with van der Waals surface area (Å²) in [5.41, 5.74) is 5.42. The van der Waals surface area contributed by atoms with Crippen LogP contribution in [0, 0.1) is 0 Å². The molecule has 0 saturated heterocycles. The molecule has 0 aliphatic heterocycles. The summed E-state index contributed by atoms with van der Waals surface area (Å²) >= 11 is 0. The third kappa shape index (κ3) is 4.21. The first-order chi connectivity index (χ1) is 5.22. The molecule has 0 rings (SSSR count). The number of nitrogens with one attached hydrogen (secondary N) is 1. The molecule has 0 spiro atoms. The Morgan fingerprint density at radius 3 is 2.82 bits per heavy atom. The number of aliphatic imine (C=N–C) groups is 2. The van der Waals surface area contributed by atoms with Gasteiger partial charge in [-0.05, 0) is 6.92 Å². The van der Waals surface area contributed by atoms with Gasteiger partial charge in [0.15, 0.2) is 0 Å². The normalized spacial score (nSPS) is 12.1. The Morgan fingerprint density at radius 1 is 1.73 bits per heavy atom. The Labute approximate surface area is 65.4 Å². The fraction of sp³-hybridized carbons (Fsp3) is 0.500. The molecular weight excluding hydrogens is 144 g/mol. The largest absolute Gasteiger partial charge is 0.354 e. The molecule has 5 nitrogen and oxygen atoms in total. The molecule has 3 N–H and O–H groups in total. The Bertz CT molecular complexity index is 185. The van der Waals surface area contributed by atoms with Gasteiger partial charge in [-0.2, -0.15) is 0 Å². The minimum Gasteiger partial charge on any atom is -0.354 e. The first kappa shape index (κ1) is 9.77. The Balaban J connectivity index is 4.00. The van der Waals surface area contributed by atoms with Crippen molar-refractivity contribution < 1.29 is 4.79 Å². The molecule has 0 aromatic carbocycles. The number of nitrogens with zero attached hydrogens (tertiary/aromatic N) is 2. The third-order valence-electron chi connectivity index (χ3n) is 0.994. The van der Waals surface area contributed by atoms with Crippen LogP contribution in [0.25, 0.3) is 0 Å². The third-order valence-corrected chi connectivity index (χ3v) is 0.994. The number of nitrogens with two attached hydrogens (primary N) is 1. The van der Waals surface area contributed by atoms with Gasteiger partial charge in [-0.15, -0.1) is 0 Å². The maximum Gasteiger partial charge on any atom is 0.265 e. The van der Waals surface area contributed by atoms with Crippen molar-refractivity contribution in [3.8, 4) is 0 Å². The van der Waals surface area contributed by atoms with E-state index in [1.165, 1.54) is 6.34 Å². The summed E-state index contributed by atoms with van der Waals surface area (Å²) in [5, 5.41) is 2.43. The first-order valence-corrected chi connectivity index (χ1v) is 3.17. The van der Waals surface area contributed by atoms with E-state index in [0.717, 1.165) is 0 Å². The van der Waals surface area contributed by atoms with Crippen molar-refractivity contribution in [2.45, 2.75) is 6.92 Å². The van der Waals surface area contributed by atoms with Crippen LogP contribution in [0.2, 0.25) is 0 Å². The van der Waals surface area contributed by atoms with Crippen LogP contribution in [0.3, 0.4) is 0 Å². The maximum atomic E-state index is 10.8. The van der Waals surface area contributed by atoms with E-state index in [4.69, 9.17) is 5.73 Å². The average molecular weight is 156 g/mol. The molecule has 5 heteroatoms. The second-order valence-corrected chi connectivity index (χ2v) is 1.77. The van der Waals surface area contributed by atoms with Gasteiger partial charge < -0.3 is 11.1 Å². The monoisotopic (exact) mass is 156 g/mol. The smallest absolute Gasteiger partial charge is 0.265 e. The predicted octanol–water partition coefficient (Wildman–Crippen LogP) is -0.862. The van der Waals surface area contributed by atoms with Gasteiger partial charge in [0.05, 0.1) is 6.67 Å². The lowest BCUT2D eigenvalue weighted by molar-refractivity contribution is -0.114. The quantitative estimate of drug-likeness (QED) is 0.412. The van der Waals surface area contributed by atoms with E-state index in [2.05, 4.69) is 15.3 Å². The topological polar surface area (TPSA) is 79.8 Å². The van der Waals surface area contributed by atoms with Gasteiger partial charge in [0.2, 0.25) is 0 Å². The number of hydrogen-bond acceptors (Lipinski definition) is 3. The molecule has 0 heterocycles. The molecule has 0 aromatic heterocycles. The molecule has 0 aliphatic rings. The summed E-state index contributed by atoms with van der Waals surface area (Å²) in [6, 6.07) is 0. The number of carbonyl (C=O) groups is 1. The minimum atomic E-state index is -0.214. The fourth-order valence-electron chi connectivity index (χ4n) is 0.414. The number of rotatable bonds is 3. The van der Waals surface area contributed by atoms with Crippen LogP contribution in [0.5, 0.6) is 0 Å². The highest BCUT2D eigenvalue weighted by molar-refractivity contribution is 6.38. The van der Waals surface area contributed by atoms with E-state index in [-0.39, 0.29) is 12.6 Å². The van der Waals surface area contributed by atoms with Gasteiger partial charge in [-0.3, -0.25) is 9.79 Å². The fourth-order valence-corrected chi connectivity index (χ4v) is 0.414. The summed E-state index contributed by atoms with van der Waals surface area (Å²) in [4.78, 5) is 18.1. The molecule has 1 amide bonds. The summed E-state index contributed by atoms with van der Waals surface area (Å²) in [7, 11) is 1.54. The van der Waals surface area contributed by atoms with Crippen molar-refractivity contribution in [1.82, 2.24) is 5.32 Å². The molecule has 0 saturated carbocycles. The SMILES string of the molecule is CNC(=O)C(C)=NC=NCN. The molecule has 62 valence electrons. The van der Waals surface area contributed by atoms with Crippen LogP contribution in [0.1, 0.15) is 6.92 Å². The summed E-state index contributed by atoms with van der Waals surface area (Å²) in [5.74, 6) is -0.214. The molecule has 0 aliphatic carbocycles. The maximum absolute atomic E-state index is 10.8. The number of carbonyl (C=O) groups excluding carboxylic acids is 1. The zero-order chi connectivity index (χ0) is 8.69. The van der Waals surface area contributed by atoms with Gasteiger partial charge in [-0.1, -0.05) is 0 Å². The first-order valence-electron chi connectivity index (χ1n) is 3.17. The van der Waals surface area contributed by atoms with Gasteiger partial charge >= 0.3 is 0 Å². The highest BCUT2D eigenvalue weighted by atomic mass is 16.1. The average Bonchev–Trinajstić information content (AvgIpc) is 2.03. The second-order valence-electron chi connectivity index (χ2n) is 1.77. The van der Waals surface area contributed by atoms with Crippen LogP contribution >= 0.6 is 0 Å². The van der Waals surface area contributed by atoms with E-state index in [0.29, 0.717) is 5.71 Å². The van der Waals surface area contributed by atoms with Crippen LogP contribution in [-0.4, -0.2) is 31.7 Å². The summed E-state index contributed by atoms with van der Waals surface area (Å²) < 4.78 is 0. The lowest BCUT2D eigenvalue weighted by Crippen LogP contribution is -2.25. The van der Waals surface area contributed by atoms with Crippen LogP contribution < -0.4 is 11.1 Å². The van der Waals surface area contributed by atoms with Crippen molar-refractivity contribution in [2.75, 3.05) is 13.7 Å². The predicted molar refractivity (Wildman–Crippen MR) is 44.7 cm³/mol. The highest BCUT2D eigenvalue weighted by Gasteiger charge is 1.98. The number of hydrogen-bond donors (Lipinski definition) is 2. The van der Waals surface area contributed by atoms with Crippen molar-refractivity contribution in [3.63, 3.8) is 0 Å². The molecule has 0 radical (unpaired) electrons. The molecular formula is C6H12N4O. The summed E-state index contributed by atoms with van der Waals surface area (Å²) in [6.45, 7) is 1.78. The summed E-state index contributed by atoms with van der Waals surface area (Å²) in [6.07, 6.45) is 1.27. The van der Waals surface area contributed by atoms with Gasteiger partial charge in [-0.25, -0.2) is 4.99 Å². The number of amides is 1. The van der Waals surface area contributed by atoms with E-state index in [9.17, 15) is 4.79 Å². The lowest BCUT2D eigenvalue weighted by atomic mass is 10.4. The van der Waals surface area contributed by atoms with E-state index >= 15 is 0 Å². The Morgan fingerprint density at radius 2 is 2.36 bits per heavy atom. The van der Waals surface area contributed by atoms with E-state index in [1.54, 1.807) is 14.0 Å².